The molecule has 7 nitrogen and oxygen atoms in total. The summed E-state index contributed by atoms with van der Waals surface area (Å²) >= 11 is 0. The molecule has 2 aromatic carbocycles. The third-order valence-electron chi connectivity index (χ3n) is 3.49. The van der Waals surface area contributed by atoms with Gasteiger partial charge in [0, 0.05) is 0 Å². The number of nitrogens with one attached hydrogen (secondary N) is 1. The molecule has 2 aromatic rings. The Kier molecular flexibility index (Phi) is 7.18. The largest absolute Gasteiger partial charge is 0.496 e. The number of rotatable bonds is 7. The van der Waals surface area contributed by atoms with Crippen molar-refractivity contribution in [2.45, 2.75) is 6.18 Å². The Morgan fingerprint density at radius 2 is 1.72 bits per heavy atom. The normalized spacial score (nSPS) is 10.8. The van der Waals surface area contributed by atoms with Crippen molar-refractivity contribution in [2.24, 2.45) is 0 Å². The van der Waals surface area contributed by atoms with Crippen molar-refractivity contribution in [3.63, 3.8) is 0 Å². The van der Waals surface area contributed by atoms with Gasteiger partial charge in [0.25, 0.3) is 11.8 Å². The van der Waals surface area contributed by atoms with Crippen LogP contribution in [0.4, 0.5) is 13.2 Å². The predicted octanol–water partition coefficient (Wildman–Crippen LogP) is 2.59. The first-order valence-electron chi connectivity index (χ1n) is 8.13. The summed E-state index contributed by atoms with van der Waals surface area (Å²) in [5.74, 6) is -2.57. The van der Waals surface area contributed by atoms with Crippen LogP contribution in [-0.2, 0) is 20.5 Å². The Morgan fingerprint density at radius 3 is 2.41 bits per heavy atom. The average Bonchev–Trinajstić information content (AvgIpc) is 2.70. The standard InChI is InChI=1S/C19H16F3NO6/c1-27-15-8-3-2-7-14(15)18(26)23-16(24)10-29-17(25)11-28-13-6-4-5-12(9-13)19(20,21)22/h2-9H,10-11H2,1H3,(H,23,24,26). The number of carbonyl (C=O) groups excluding carboxylic acids is 3. The van der Waals surface area contributed by atoms with Crippen LogP contribution in [0.15, 0.2) is 48.5 Å². The highest BCUT2D eigenvalue weighted by Gasteiger charge is 2.30. The fourth-order valence-electron chi connectivity index (χ4n) is 2.15. The number of halogens is 3. The van der Waals surface area contributed by atoms with E-state index in [-0.39, 0.29) is 17.1 Å². The van der Waals surface area contributed by atoms with Crippen LogP contribution in [0, 0.1) is 0 Å². The van der Waals surface area contributed by atoms with Crippen molar-refractivity contribution in [3.8, 4) is 11.5 Å². The first-order valence-corrected chi connectivity index (χ1v) is 8.13. The number of hydrogen-bond acceptors (Lipinski definition) is 6. The summed E-state index contributed by atoms with van der Waals surface area (Å²) in [7, 11) is 1.36. The Balaban J connectivity index is 1.80. The zero-order valence-electron chi connectivity index (χ0n) is 15.1. The third-order valence-corrected chi connectivity index (χ3v) is 3.49. The fourth-order valence-corrected chi connectivity index (χ4v) is 2.15. The SMILES string of the molecule is COc1ccccc1C(=O)NC(=O)COC(=O)COc1cccc(C(F)(F)F)c1. The molecule has 0 saturated carbocycles. The second-order valence-electron chi connectivity index (χ2n) is 5.55. The second-order valence-corrected chi connectivity index (χ2v) is 5.55. The molecule has 154 valence electrons. The zero-order valence-corrected chi connectivity index (χ0v) is 15.1. The molecule has 29 heavy (non-hydrogen) atoms. The van der Waals surface area contributed by atoms with Crippen LogP contribution in [0.2, 0.25) is 0 Å². The van der Waals surface area contributed by atoms with Gasteiger partial charge < -0.3 is 14.2 Å². The number of imide groups is 1. The predicted molar refractivity (Wildman–Crippen MR) is 93.4 cm³/mol. The van der Waals surface area contributed by atoms with Gasteiger partial charge in [-0.2, -0.15) is 13.2 Å². The molecule has 0 saturated heterocycles. The van der Waals surface area contributed by atoms with Gasteiger partial charge in [-0.15, -0.1) is 0 Å². The molecule has 1 N–H and O–H groups in total. The molecule has 0 bridgehead atoms. The highest BCUT2D eigenvalue weighted by atomic mass is 19.4. The molecule has 10 heteroatoms. The highest BCUT2D eigenvalue weighted by Crippen LogP contribution is 2.31. The van der Waals surface area contributed by atoms with Crippen molar-refractivity contribution in [1.29, 1.82) is 0 Å². The summed E-state index contributed by atoms with van der Waals surface area (Å²) in [6.07, 6.45) is -4.55. The molecule has 0 aliphatic rings. The molecule has 0 aliphatic heterocycles. The number of ether oxygens (including phenoxy) is 3. The Labute approximate surface area is 163 Å². The van der Waals surface area contributed by atoms with E-state index in [2.05, 4.69) is 4.74 Å². The van der Waals surface area contributed by atoms with Crippen LogP contribution in [-0.4, -0.2) is 38.1 Å². The molecule has 0 unspecified atom stereocenters. The summed E-state index contributed by atoms with van der Waals surface area (Å²) < 4.78 is 52.4. The lowest BCUT2D eigenvalue weighted by atomic mass is 10.2. The van der Waals surface area contributed by atoms with Crippen molar-refractivity contribution in [3.05, 3.63) is 59.7 Å². The number of hydrogen-bond donors (Lipinski definition) is 1. The number of carbonyl (C=O) groups is 3. The lowest BCUT2D eigenvalue weighted by Crippen LogP contribution is -2.34. The van der Waals surface area contributed by atoms with Crippen LogP contribution in [0.1, 0.15) is 15.9 Å². The molecule has 0 fully saturated rings. The summed E-state index contributed by atoms with van der Waals surface area (Å²) in [6, 6.07) is 10.1. The lowest BCUT2D eigenvalue weighted by molar-refractivity contribution is -0.150. The van der Waals surface area contributed by atoms with Gasteiger partial charge in [-0.3, -0.25) is 14.9 Å². The minimum Gasteiger partial charge on any atom is -0.496 e. The van der Waals surface area contributed by atoms with E-state index in [0.717, 1.165) is 18.2 Å². The summed E-state index contributed by atoms with van der Waals surface area (Å²) in [5, 5.41) is 2.02. The first kappa shape index (κ1) is 21.7. The topological polar surface area (TPSA) is 90.9 Å². The van der Waals surface area contributed by atoms with Crippen molar-refractivity contribution in [2.75, 3.05) is 20.3 Å². The quantitative estimate of drug-likeness (QED) is 0.705. The number of para-hydroxylation sites is 1. The smallest absolute Gasteiger partial charge is 0.416 e. The maximum absolute atomic E-state index is 12.6. The van der Waals surface area contributed by atoms with E-state index in [0.29, 0.717) is 0 Å². The molecule has 0 atom stereocenters. The van der Waals surface area contributed by atoms with E-state index in [1.165, 1.54) is 25.3 Å². The summed E-state index contributed by atoms with van der Waals surface area (Å²) in [6.45, 7) is -1.49. The zero-order chi connectivity index (χ0) is 21.4. The van der Waals surface area contributed by atoms with Gasteiger partial charge in [-0.1, -0.05) is 18.2 Å². The third kappa shape index (κ3) is 6.52. The molecule has 0 spiro atoms. The number of alkyl halides is 3. The van der Waals surface area contributed by atoms with Gasteiger partial charge in [0.05, 0.1) is 18.2 Å². The fraction of sp³-hybridized carbons (Fsp3) is 0.211. The highest BCUT2D eigenvalue weighted by molar-refractivity contribution is 6.06. The molecule has 0 aliphatic carbocycles. The Bertz CT molecular complexity index is 898. The molecular weight excluding hydrogens is 395 g/mol. The van der Waals surface area contributed by atoms with Crippen molar-refractivity contribution in [1.82, 2.24) is 5.32 Å². The minimum absolute atomic E-state index is 0.113. The molecule has 2 amide bonds. The van der Waals surface area contributed by atoms with E-state index in [4.69, 9.17) is 9.47 Å². The van der Waals surface area contributed by atoms with Gasteiger partial charge in [0.15, 0.2) is 13.2 Å². The van der Waals surface area contributed by atoms with E-state index in [9.17, 15) is 27.6 Å². The lowest BCUT2D eigenvalue weighted by Gasteiger charge is -2.10. The molecular formula is C19H16F3NO6. The van der Waals surface area contributed by atoms with Crippen LogP contribution in [0.25, 0.3) is 0 Å². The monoisotopic (exact) mass is 411 g/mol. The molecule has 0 aromatic heterocycles. The number of esters is 1. The Morgan fingerprint density at radius 1 is 1.00 bits per heavy atom. The van der Waals surface area contributed by atoms with Gasteiger partial charge in [-0.25, -0.2) is 4.79 Å². The van der Waals surface area contributed by atoms with E-state index in [1.54, 1.807) is 12.1 Å². The van der Waals surface area contributed by atoms with Gasteiger partial charge >= 0.3 is 12.1 Å². The summed E-state index contributed by atoms with van der Waals surface area (Å²) in [5.41, 5.74) is -0.819. The average molecular weight is 411 g/mol. The molecule has 0 radical (unpaired) electrons. The van der Waals surface area contributed by atoms with E-state index in [1.807, 2.05) is 5.32 Å². The maximum Gasteiger partial charge on any atom is 0.416 e. The van der Waals surface area contributed by atoms with E-state index >= 15 is 0 Å². The minimum atomic E-state index is -4.55. The number of benzene rings is 2. The van der Waals surface area contributed by atoms with Gasteiger partial charge in [-0.05, 0) is 30.3 Å². The second kappa shape index (κ2) is 9.58. The van der Waals surface area contributed by atoms with Gasteiger partial charge in [0.2, 0.25) is 0 Å². The number of methoxy groups -OCH3 is 1. The van der Waals surface area contributed by atoms with E-state index < -0.39 is 42.7 Å². The van der Waals surface area contributed by atoms with Crippen LogP contribution >= 0.6 is 0 Å². The first-order chi connectivity index (χ1) is 13.7. The molecule has 0 heterocycles. The van der Waals surface area contributed by atoms with Crippen LogP contribution < -0.4 is 14.8 Å². The number of amides is 2. The Hall–Kier alpha value is -3.56. The van der Waals surface area contributed by atoms with Gasteiger partial charge in [0.1, 0.15) is 11.5 Å². The van der Waals surface area contributed by atoms with Crippen molar-refractivity contribution < 1.29 is 41.8 Å². The van der Waals surface area contributed by atoms with Crippen molar-refractivity contribution >= 4 is 17.8 Å². The maximum atomic E-state index is 12.6. The summed E-state index contributed by atoms with van der Waals surface area (Å²) in [4.78, 5) is 35.4. The molecule has 2 rings (SSSR count). The van der Waals surface area contributed by atoms with Crippen LogP contribution in [0.3, 0.4) is 0 Å². The van der Waals surface area contributed by atoms with Crippen LogP contribution in [0.5, 0.6) is 11.5 Å².